The standard InChI is InChI=1S/C14H20N4O3S/c1-9(2)7-8-21-14(20)18-17-12(19)10-5-3-4-6-11(10)16-13(15)22/h3-6,9H,7-8H2,1-2H3,(H,17,19)(H,18,20)(H3,15,16,22). The van der Waals surface area contributed by atoms with Crippen LogP contribution in [-0.2, 0) is 4.74 Å². The van der Waals surface area contributed by atoms with E-state index in [0.717, 1.165) is 6.42 Å². The third-order valence-electron chi connectivity index (χ3n) is 2.64. The summed E-state index contributed by atoms with van der Waals surface area (Å²) < 4.78 is 4.91. The summed E-state index contributed by atoms with van der Waals surface area (Å²) in [5, 5.41) is 2.74. The number of amides is 2. The van der Waals surface area contributed by atoms with Crippen LogP contribution in [0.15, 0.2) is 24.3 Å². The van der Waals surface area contributed by atoms with Gasteiger partial charge in [-0.2, -0.15) is 0 Å². The van der Waals surface area contributed by atoms with Gasteiger partial charge in [0.05, 0.1) is 17.9 Å². The van der Waals surface area contributed by atoms with Gasteiger partial charge in [-0.05, 0) is 36.7 Å². The first-order chi connectivity index (χ1) is 10.4. The number of nitrogens with one attached hydrogen (secondary N) is 3. The fourth-order valence-electron chi connectivity index (χ4n) is 1.52. The van der Waals surface area contributed by atoms with Gasteiger partial charge in [0.2, 0.25) is 0 Å². The van der Waals surface area contributed by atoms with Gasteiger partial charge < -0.3 is 15.8 Å². The number of hydrogen-bond donors (Lipinski definition) is 4. The van der Waals surface area contributed by atoms with Gasteiger partial charge in [-0.15, -0.1) is 0 Å². The lowest BCUT2D eigenvalue weighted by atomic mass is 10.1. The second-order valence-corrected chi connectivity index (χ2v) is 5.37. The zero-order valence-corrected chi connectivity index (χ0v) is 13.3. The van der Waals surface area contributed by atoms with E-state index >= 15 is 0 Å². The van der Waals surface area contributed by atoms with Gasteiger partial charge in [0.25, 0.3) is 5.91 Å². The number of nitrogens with two attached hydrogens (primary N) is 1. The molecule has 1 aromatic carbocycles. The third kappa shape index (κ3) is 6.40. The predicted octanol–water partition coefficient (Wildman–Crippen LogP) is 1.76. The number of benzene rings is 1. The van der Waals surface area contributed by atoms with E-state index in [-0.39, 0.29) is 10.7 Å². The molecule has 0 saturated carbocycles. The van der Waals surface area contributed by atoms with Crippen molar-refractivity contribution >= 4 is 35.0 Å². The van der Waals surface area contributed by atoms with E-state index in [0.29, 0.717) is 18.2 Å². The highest BCUT2D eigenvalue weighted by Crippen LogP contribution is 2.14. The van der Waals surface area contributed by atoms with Gasteiger partial charge in [-0.25, -0.2) is 10.2 Å². The average molecular weight is 324 g/mol. The van der Waals surface area contributed by atoms with Crippen molar-refractivity contribution in [3.8, 4) is 0 Å². The largest absolute Gasteiger partial charge is 0.448 e. The summed E-state index contributed by atoms with van der Waals surface area (Å²) in [6.07, 6.45) is 0.0380. The molecule has 1 rings (SSSR count). The molecule has 0 aromatic heterocycles. The van der Waals surface area contributed by atoms with Gasteiger partial charge in [0.1, 0.15) is 0 Å². The summed E-state index contributed by atoms with van der Waals surface area (Å²) in [7, 11) is 0. The van der Waals surface area contributed by atoms with Crippen molar-refractivity contribution < 1.29 is 14.3 Å². The zero-order valence-electron chi connectivity index (χ0n) is 12.5. The molecule has 7 nitrogen and oxygen atoms in total. The molecule has 0 aliphatic heterocycles. The summed E-state index contributed by atoms with van der Waals surface area (Å²) >= 11 is 4.74. The fourth-order valence-corrected chi connectivity index (χ4v) is 1.63. The summed E-state index contributed by atoms with van der Waals surface area (Å²) in [5.41, 5.74) is 10.6. The molecule has 0 bridgehead atoms. The maximum absolute atomic E-state index is 12.0. The lowest BCUT2D eigenvalue weighted by Gasteiger charge is -2.12. The van der Waals surface area contributed by atoms with Crippen molar-refractivity contribution in [3.63, 3.8) is 0 Å². The highest BCUT2D eigenvalue weighted by atomic mass is 32.1. The minimum atomic E-state index is -0.714. The molecule has 0 atom stereocenters. The van der Waals surface area contributed by atoms with Crippen LogP contribution >= 0.6 is 12.2 Å². The molecular weight excluding hydrogens is 304 g/mol. The maximum atomic E-state index is 12.0. The summed E-state index contributed by atoms with van der Waals surface area (Å²) in [5.74, 6) is -0.0828. The SMILES string of the molecule is CC(C)CCOC(=O)NNC(=O)c1ccccc1NC(N)=S. The lowest BCUT2D eigenvalue weighted by Crippen LogP contribution is -2.42. The minimum absolute atomic E-state index is 0.0429. The summed E-state index contributed by atoms with van der Waals surface area (Å²) in [6, 6.07) is 6.63. The van der Waals surface area contributed by atoms with Crippen LogP contribution in [0, 0.1) is 5.92 Å². The molecule has 0 radical (unpaired) electrons. The number of rotatable bonds is 5. The number of hydrogen-bond acceptors (Lipinski definition) is 4. The predicted molar refractivity (Wildman–Crippen MR) is 88.3 cm³/mol. The van der Waals surface area contributed by atoms with Gasteiger partial charge in [-0.1, -0.05) is 26.0 Å². The Hall–Kier alpha value is -2.35. The highest BCUT2D eigenvalue weighted by molar-refractivity contribution is 7.80. The number of carbonyl (C=O) groups is 2. The number of anilines is 1. The first kappa shape index (κ1) is 17.7. The van der Waals surface area contributed by atoms with Gasteiger partial charge in [0.15, 0.2) is 5.11 Å². The first-order valence-corrected chi connectivity index (χ1v) is 7.19. The second kappa shape index (κ2) is 8.83. The molecule has 0 saturated heterocycles. The molecule has 120 valence electrons. The van der Waals surface area contributed by atoms with Crippen LogP contribution in [0.4, 0.5) is 10.5 Å². The molecule has 2 amide bonds. The topological polar surface area (TPSA) is 105 Å². The average Bonchev–Trinajstić information content (AvgIpc) is 2.44. The Bertz CT molecular complexity index is 549. The van der Waals surface area contributed by atoms with Gasteiger partial charge in [0, 0.05) is 0 Å². The Labute approximate surface area is 134 Å². The van der Waals surface area contributed by atoms with Crippen LogP contribution in [0.3, 0.4) is 0 Å². The smallest absolute Gasteiger partial charge is 0.426 e. The molecule has 0 heterocycles. The zero-order chi connectivity index (χ0) is 16.5. The molecular formula is C14H20N4O3S. The quantitative estimate of drug-likeness (QED) is 0.486. The molecule has 22 heavy (non-hydrogen) atoms. The molecule has 0 aliphatic rings. The van der Waals surface area contributed by atoms with Crippen molar-refractivity contribution in [2.24, 2.45) is 11.7 Å². The van der Waals surface area contributed by atoms with Crippen LogP contribution < -0.4 is 21.9 Å². The van der Waals surface area contributed by atoms with Crippen LogP contribution in [0.5, 0.6) is 0 Å². The Kier molecular flexibility index (Phi) is 7.11. The van der Waals surface area contributed by atoms with E-state index in [2.05, 4.69) is 16.2 Å². The summed E-state index contributed by atoms with van der Waals surface area (Å²) in [4.78, 5) is 23.4. The molecule has 5 N–H and O–H groups in total. The van der Waals surface area contributed by atoms with Crippen LogP contribution in [0.25, 0.3) is 0 Å². The number of hydrazine groups is 1. The van der Waals surface area contributed by atoms with E-state index in [1.807, 2.05) is 13.8 Å². The fraction of sp³-hybridized carbons (Fsp3) is 0.357. The van der Waals surface area contributed by atoms with Crippen molar-refractivity contribution in [1.29, 1.82) is 0 Å². The minimum Gasteiger partial charge on any atom is -0.448 e. The lowest BCUT2D eigenvalue weighted by molar-refractivity contribution is 0.0907. The number of thiocarbonyl (C=S) groups is 1. The molecule has 0 unspecified atom stereocenters. The molecule has 0 aliphatic carbocycles. The van der Waals surface area contributed by atoms with Crippen LogP contribution in [0.1, 0.15) is 30.6 Å². The maximum Gasteiger partial charge on any atom is 0.426 e. The van der Waals surface area contributed by atoms with E-state index in [1.165, 1.54) is 0 Å². The highest BCUT2D eigenvalue weighted by Gasteiger charge is 2.12. The number of carbonyl (C=O) groups excluding carboxylic acids is 2. The van der Waals surface area contributed by atoms with Crippen molar-refractivity contribution in [1.82, 2.24) is 10.9 Å². The third-order valence-corrected chi connectivity index (χ3v) is 2.74. The van der Waals surface area contributed by atoms with E-state index in [9.17, 15) is 9.59 Å². The van der Waals surface area contributed by atoms with Crippen molar-refractivity contribution in [2.75, 3.05) is 11.9 Å². The Morgan fingerprint density at radius 3 is 2.59 bits per heavy atom. The van der Waals surface area contributed by atoms with E-state index < -0.39 is 12.0 Å². The second-order valence-electron chi connectivity index (χ2n) is 4.93. The number of para-hydroxylation sites is 1. The monoisotopic (exact) mass is 324 g/mol. The summed E-state index contributed by atoms with van der Waals surface area (Å²) in [6.45, 7) is 4.34. The first-order valence-electron chi connectivity index (χ1n) is 6.78. The van der Waals surface area contributed by atoms with E-state index in [4.69, 9.17) is 22.7 Å². The Morgan fingerprint density at radius 1 is 1.27 bits per heavy atom. The van der Waals surface area contributed by atoms with Crippen molar-refractivity contribution in [2.45, 2.75) is 20.3 Å². The van der Waals surface area contributed by atoms with E-state index in [1.54, 1.807) is 24.3 Å². The molecule has 0 fully saturated rings. The molecule has 8 heteroatoms. The van der Waals surface area contributed by atoms with Gasteiger partial charge in [-0.3, -0.25) is 10.2 Å². The number of ether oxygens (including phenoxy) is 1. The van der Waals surface area contributed by atoms with Crippen LogP contribution in [-0.4, -0.2) is 23.7 Å². The Morgan fingerprint density at radius 2 is 1.95 bits per heavy atom. The van der Waals surface area contributed by atoms with Crippen LogP contribution in [0.2, 0.25) is 0 Å². The normalized spacial score (nSPS) is 9.95. The Balaban J connectivity index is 2.52. The van der Waals surface area contributed by atoms with Crippen molar-refractivity contribution in [3.05, 3.63) is 29.8 Å². The molecule has 0 spiro atoms. The molecule has 1 aromatic rings. The van der Waals surface area contributed by atoms with Gasteiger partial charge >= 0.3 is 6.09 Å².